The molecule has 5 nitrogen and oxygen atoms in total. The van der Waals surface area contributed by atoms with Gasteiger partial charge in [0.15, 0.2) is 0 Å². The zero-order valence-electron chi connectivity index (χ0n) is 19.0. The highest BCUT2D eigenvalue weighted by molar-refractivity contribution is 5.42. The van der Waals surface area contributed by atoms with Gasteiger partial charge in [0.05, 0.1) is 0 Å². The maximum atomic E-state index is 9.66. The summed E-state index contributed by atoms with van der Waals surface area (Å²) in [4.78, 5) is 2.49. The summed E-state index contributed by atoms with van der Waals surface area (Å²) in [5, 5.41) is 18.3. The van der Waals surface area contributed by atoms with Crippen LogP contribution in [-0.4, -0.2) is 41.4 Å². The molecule has 5 heteroatoms. The number of phenolic OH excluding ortho intramolecular Hbond substituents is 2. The Bertz CT molecular complexity index is 985. The summed E-state index contributed by atoms with van der Waals surface area (Å²) in [5.41, 5.74) is 2.32. The summed E-state index contributed by atoms with van der Waals surface area (Å²) in [5.74, 6) is 2.28. The number of hydrogen-bond donors (Lipinski definition) is 2. The molecule has 0 amide bonds. The van der Waals surface area contributed by atoms with E-state index in [1.54, 1.807) is 36.4 Å². The van der Waals surface area contributed by atoms with Gasteiger partial charge in [-0.15, -0.1) is 0 Å². The highest BCUT2D eigenvalue weighted by Crippen LogP contribution is 2.37. The van der Waals surface area contributed by atoms with Crippen molar-refractivity contribution < 1.29 is 19.7 Å². The quantitative estimate of drug-likeness (QED) is 0.524. The predicted octanol–water partition coefficient (Wildman–Crippen LogP) is 5.72. The van der Waals surface area contributed by atoms with Crippen LogP contribution in [0.3, 0.4) is 0 Å². The van der Waals surface area contributed by atoms with Crippen molar-refractivity contribution in [2.45, 2.75) is 38.2 Å². The molecule has 1 unspecified atom stereocenters. The van der Waals surface area contributed by atoms with Crippen LogP contribution in [0, 0.1) is 0 Å². The van der Waals surface area contributed by atoms with Gasteiger partial charge in [0, 0.05) is 12.6 Å². The molecule has 0 radical (unpaired) electrons. The lowest BCUT2D eigenvalue weighted by atomic mass is 9.97. The Balaban J connectivity index is 0.000000318. The van der Waals surface area contributed by atoms with Gasteiger partial charge in [-0.25, -0.2) is 0 Å². The van der Waals surface area contributed by atoms with Gasteiger partial charge in [-0.2, -0.15) is 0 Å². The number of para-hydroxylation sites is 1. The predicted molar refractivity (Wildman–Crippen MR) is 130 cm³/mol. The third-order valence-electron chi connectivity index (χ3n) is 6.13. The van der Waals surface area contributed by atoms with Crippen molar-refractivity contribution in [3.05, 3.63) is 83.9 Å². The van der Waals surface area contributed by atoms with Crippen LogP contribution in [0.25, 0.3) is 0 Å². The van der Waals surface area contributed by atoms with Crippen molar-refractivity contribution in [2.75, 3.05) is 26.2 Å². The minimum atomic E-state index is 0.0340. The number of aromatic hydroxyl groups is 2. The summed E-state index contributed by atoms with van der Waals surface area (Å²) in [7, 11) is 0. The van der Waals surface area contributed by atoms with E-state index in [0.29, 0.717) is 5.75 Å². The molecule has 0 spiro atoms. The van der Waals surface area contributed by atoms with Gasteiger partial charge >= 0.3 is 0 Å². The van der Waals surface area contributed by atoms with Crippen LogP contribution in [0.15, 0.2) is 72.8 Å². The fourth-order valence-electron chi connectivity index (χ4n) is 4.28. The van der Waals surface area contributed by atoms with Gasteiger partial charge in [0.2, 0.25) is 0 Å². The lowest BCUT2D eigenvalue weighted by Crippen LogP contribution is -2.33. The second-order valence-electron chi connectivity index (χ2n) is 8.59. The number of aryl methyl sites for hydroxylation is 1. The van der Waals surface area contributed by atoms with Crippen LogP contribution in [0.1, 0.15) is 42.9 Å². The Hall–Kier alpha value is -3.18. The largest absolute Gasteiger partial charge is 0.508 e. The fourth-order valence-corrected chi connectivity index (χ4v) is 4.28. The molecule has 0 aliphatic carbocycles. The van der Waals surface area contributed by atoms with E-state index in [-0.39, 0.29) is 11.9 Å². The van der Waals surface area contributed by atoms with Gasteiger partial charge in [-0.1, -0.05) is 42.8 Å². The lowest BCUT2D eigenvalue weighted by molar-refractivity contribution is 0.175. The van der Waals surface area contributed by atoms with Gasteiger partial charge < -0.3 is 19.7 Å². The molecule has 1 fully saturated rings. The van der Waals surface area contributed by atoms with Crippen LogP contribution >= 0.6 is 0 Å². The third-order valence-corrected chi connectivity index (χ3v) is 6.13. The topological polar surface area (TPSA) is 62.2 Å². The molecule has 0 aromatic heterocycles. The maximum absolute atomic E-state index is 9.66. The standard InChI is InChI=1S/C22H27NO3.C6H6O/c24-19-8-4-18-7-11-21(26-22(18)16-19)17-5-9-20(10-6-17)25-15-14-23-12-2-1-3-13-23;7-6-4-2-1-3-5-6/h4-6,8-10,16,21,24H,1-3,7,11-15H2;1-5,7H. The first-order valence-electron chi connectivity index (χ1n) is 11.8. The minimum absolute atomic E-state index is 0.0340. The highest BCUT2D eigenvalue weighted by Gasteiger charge is 2.21. The van der Waals surface area contributed by atoms with Crippen molar-refractivity contribution in [3.8, 4) is 23.0 Å². The molecule has 2 aliphatic heterocycles. The first-order chi connectivity index (χ1) is 16.2. The number of nitrogens with zero attached hydrogens (tertiary/aromatic N) is 1. The molecule has 2 aliphatic rings. The molecule has 33 heavy (non-hydrogen) atoms. The Labute approximate surface area is 196 Å². The minimum Gasteiger partial charge on any atom is -0.508 e. The molecule has 3 aromatic rings. The van der Waals surface area contributed by atoms with Gasteiger partial charge in [-0.3, -0.25) is 4.90 Å². The molecule has 1 atom stereocenters. The van der Waals surface area contributed by atoms with E-state index in [9.17, 15) is 5.11 Å². The monoisotopic (exact) mass is 447 g/mol. The molecule has 0 saturated carbocycles. The van der Waals surface area contributed by atoms with E-state index in [2.05, 4.69) is 17.0 Å². The Morgan fingerprint density at radius 1 is 0.848 bits per heavy atom. The summed E-state index contributed by atoms with van der Waals surface area (Å²) in [6.45, 7) is 4.16. The molecule has 1 saturated heterocycles. The molecule has 2 N–H and O–H groups in total. The average Bonchev–Trinajstić information content (AvgIpc) is 2.85. The van der Waals surface area contributed by atoms with Gasteiger partial charge in [0.1, 0.15) is 35.7 Å². The summed E-state index contributed by atoms with van der Waals surface area (Å²) in [6.07, 6.45) is 5.95. The van der Waals surface area contributed by atoms with E-state index in [1.807, 2.05) is 24.3 Å². The molecule has 5 rings (SSSR count). The second kappa shape index (κ2) is 11.6. The van der Waals surface area contributed by atoms with Crippen molar-refractivity contribution in [1.29, 1.82) is 0 Å². The van der Waals surface area contributed by atoms with E-state index >= 15 is 0 Å². The Kier molecular flexibility index (Phi) is 8.09. The number of phenols is 2. The van der Waals surface area contributed by atoms with E-state index in [4.69, 9.17) is 14.6 Å². The number of rotatable bonds is 5. The molecular formula is C28H33NO4. The summed E-state index contributed by atoms with van der Waals surface area (Å²) < 4.78 is 12.0. The summed E-state index contributed by atoms with van der Waals surface area (Å²) >= 11 is 0. The van der Waals surface area contributed by atoms with Gasteiger partial charge in [-0.05, 0) is 80.2 Å². The Morgan fingerprint density at radius 3 is 2.30 bits per heavy atom. The van der Waals surface area contributed by atoms with Crippen LogP contribution in [0.4, 0.5) is 0 Å². The van der Waals surface area contributed by atoms with Crippen LogP contribution in [0.5, 0.6) is 23.0 Å². The maximum Gasteiger partial charge on any atom is 0.127 e. The number of benzene rings is 3. The second-order valence-corrected chi connectivity index (χ2v) is 8.59. The van der Waals surface area contributed by atoms with Crippen molar-refractivity contribution in [3.63, 3.8) is 0 Å². The van der Waals surface area contributed by atoms with E-state index < -0.39 is 0 Å². The number of hydrogen-bond acceptors (Lipinski definition) is 5. The van der Waals surface area contributed by atoms with Crippen molar-refractivity contribution in [1.82, 2.24) is 4.90 Å². The molecule has 2 heterocycles. The Morgan fingerprint density at radius 2 is 1.61 bits per heavy atom. The van der Waals surface area contributed by atoms with Crippen molar-refractivity contribution in [2.24, 2.45) is 0 Å². The third kappa shape index (κ3) is 6.90. The molecule has 0 bridgehead atoms. The lowest BCUT2D eigenvalue weighted by Gasteiger charge is -2.27. The van der Waals surface area contributed by atoms with Gasteiger partial charge in [0.25, 0.3) is 0 Å². The molecule has 3 aromatic carbocycles. The number of likely N-dealkylation sites (tertiary alicyclic amines) is 1. The first kappa shape index (κ1) is 23.0. The number of ether oxygens (including phenoxy) is 2. The average molecular weight is 448 g/mol. The summed E-state index contributed by atoms with van der Waals surface area (Å²) in [6, 6.07) is 22.3. The molecule has 174 valence electrons. The smallest absolute Gasteiger partial charge is 0.127 e. The fraction of sp³-hybridized carbons (Fsp3) is 0.357. The van der Waals surface area contributed by atoms with Crippen molar-refractivity contribution >= 4 is 0 Å². The van der Waals surface area contributed by atoms with Crippen LogP contribution in [0.2, 0.25) is 0 Å². The highest BCUT2D eigenvalue weighted by atomic mass is 16.5. The van der Waals surface area contributed by atoms with Crippen LogP contribution < -0.4 is 9.47 Å². The van der Waals surface area contributed by atoms with E-state index in [1.165, 1.54) is 32.4 Å². The first-order valence-corrected chi connectivity index (χ1v) is 11.8. The molecular weight excluding hydrogens is 414 g/mol. The SMILES string of the molecule is Oc1ccc2c(c1)OC(c1ccc(OCCN3CCCCC3)cc1)CC2.Oc1ccccc1. The number of piperidine rings is 1. The normalized spacial score (nSPS) is 17.8. The van der Waals surface area contributed by atoms with E-state index in [0.717, 1.165) is 48.6 Å². The van der Waals surface area contributed by atoms with Crippen LogP contribution in [-0.2, 0) is 6.42 Å². The zero-order valence-corrected chi connectivity index (χ0v) is 19.0. The zero-order chi connectivity index (χ0) is 22.9. The number of fused-ring (bicyclic) bond motifs is 1.